The number of benzene rings is 1. The fraction of sp³-hybridized carbons (Fsp3) is 0.500. The molecule has 0 spiro atoms. The second-order valence-corrected chi connectivity index (χ2v) is 4.78. The van der Waals surface area contributed by atoms with E-state index in [1.165, 1.54) is 12.1 Å². The number of ketones is 1. The van der Waals surface area contributed by atoms with Crippen LogP contribution in [0.2, 0.25) is 0 Å². The van der Waals surface area contributed by atoms with E-state index in [-0.39, 0.29) is 17.3 Å². The van der Waals surface area contributed by atoms with E-state index in [1.54, 1.807) is 0 Å². The van der Waals surface area contributed by atoms with E-state index in [2.05, 4.69) is 0 Å². The van der Waals surface area contributed by atoms with Gasteiger partial charge in [-0.15, -0.1) is 0 Å². The third-order valence-electron chi connectivity index (χ3n) is 3.45. The molecule has 1 fully saturated rings. The van der Waals surface area contributed by atoms with Crippen molar-refractivity contribution < 1.29 is 18.0 Å². The quantitative estimate of drug-likeness (QED) is 0.713. The fourth-order valence-corrected chi connectivity index (χ4v) is 2.45. The molecule has 0 heterocycles. The van der Waals surface area contributed by atoms with Crippen molar-refractivity contribution >= 4 is 5.78 Å². The third-order valence-corrected chi connectivity index (χ3v) is 3.45. The molecule has 18 heavy (non-hydrogen) atoms. The summed E-state index contributed by atoms with van der Waals surface area (Å²) in [5.74, 6) is -0.233. The molecule has 0 saturated heterocycles. The van der Waals surface area contributed by atoms with Crippen LogP contribution in [0.3, 0.4) is 0 Å². The van der Waals surface area contributed by atoms with Gasteiger partial charge in [-0.1, -0.05) is 31.4 Å². The van der Waals surface area contributed by atoms with E-state index < -0.39 is 11.7 Å². The van der Waals surface area contributed by atoms with Gasteiger partial charge < -0.3 is 0 Å². The summed E-state index contributed by atoms with van der Waals surface area (Å²) in [6.07, 6.45) is 0.324. The molecule has 0 aromatic heterocycles. The average Bonchev–Trinajstić information content (AvgIpc) is 2.38. The van der Waals surface area contributed by atoms with Crippen LogP contribution < -0.4 is 0 Å². The Morgan fingerprint density at radius 2 is 1.78 bits per heavy atom. The van der Waals surface area contributed by atoms with Crippen molar-refractivity contribution in [1.82, 2.24) is 0 Å². The van der Waals surface area contributed by atoms with Crippen molar-refractivity contribution in [3.63, 3.8) is 0 Å². The van der Waals surface area contributed by atoms with Crippen LogP contribution in [0.4, 0.5) is 13.2 Å². The van der Waals surface area contributed by atoms with E-state index >= 15 is 0 Å². The first-order valence-electron chi connectivity index (χ1n) is 6.20. The summed E-state index contributed by atoms with van der Waals surface area (Å²) in [4.78, 5) is 12.1. The lowest BCUT2D eigenvalue weighted by atomic mass is 9.83. The van der Waals surface area contributed by atoms with Crippen LogP contribution in [0.25, 0.3) is 0 Å². The Labute approximate surface area is 104 Å². The largest absolute Gasteiger partial charge is 0.416 e. The molecule has 0 atom stereocenters. The summed E-state index contributed by atoms with van der Waals surface area (Å²) in [6, 6.07) is 4.75. The number of alkyl halides is 3. The molecule has 98 valence electrons. The Kier molecular flexibility index (Phi) is 3.73. The molecule has 0 unspecified atom stereocenters. The van der Waals surface area contributed by atoms with Gasteiger partial charge in [-0.2, -0.15) is 13.2 Å². The highest BCUT2D eigenvalue weighted by molar-refractivity contribution is 5.98. The van der Waals surface area contributed by atoms with Gasteiger partial charge in [-0.05, 0) is 25.0 Å². The van der Waals surface area contributed by atoms with Crippen molar-refractivity contribution in [3.8, 4) is 0 Å². The van der Waals surface area contributed by atoms with Crippen LogP contribution >= 0.6 is 0 Å². The molecule has 1 aromatic rings. The molecule has 2 rings (SSSR count). The minimum Gasteiger partial charge on any atom is -0.294 e. The zero-order valence-electron chi connectivity index (χ0n) is 9.96. The maximum absolute atomic E-state index is 12.6. The first-order valence-corrected chi connectivity index (χ1v) is 6.20. The number of Topliss-reactive ketones (excluding diaryl/α,β-unsaturated/α-hetero) is 1. The van der Waals surface area contributed by atoms with Crippen LogP contribution in [0.15, 0.2) is 24.3 Å². The summed E-state index contributed by atoms with van der Waals surface area (Å²) in [6.45, 7) is 0. The molecule has 0 aliphatic heterocycles. The van der Waals surface area contributed by atoms with Crippen molar-refractivity contribution in [2.45, 2.75) is 38.3 Å². The fourth-order valence-electron chi connectivity index (χ4n) is 2.45. The molecule has 1 nitrogen and oxygen atoms in total. The maximum atomic E-state index is 12.6. The molecule has 1 aliphatic carbocycles. The predicted octanol–water partition coefficient (Wildman–Crippen LogP) is 4.47. The van der Waals surface area contributed by atoms with Gasteiger partial charge in [0.15, 0.2) is 5.78 Å². The van der Waals surface area contributed by atoms with E-state index in [4.69, 9.17) is 0 Å². The van der Waals surface area contributed by atoms with Crippen molar-refractivity contribution in [2.24, 2.45) is 5.92 Å². The molecule has 0 bridgehead atoms. The smallest absolute Gasteiger partial charge is 0.294 e. The number of carbonyl (C=O) groups excluding carboxylic acids is 1. The predicted molar refractivity (Wildman–Crippen MR) is 62.3 cm³/mol. The summed E-state index contributed by atoms with van der Waals surface area (Å²) >= 11 is 0. The Morgan fingerprint density at radius 1 is 1.11 bits per heavy atom. The van der Waals surface area contributed by atoms with Crippen LogP contribution in [0.1, 0.15) is 48.0 Å². The summed E-state index contributed by atoms with van der Waals surface area (Å²) in [5.41, 5.74) is -0.555. The minimum atomic E-state index is -4.39. The molecule has 0 N–H and O–H groups in total. The van der Waals surface area contributed by atoms with Crippen molar-refractivity contribution in [3.05, 3.63) is 35.4 Å². The van der Waals surface area contributed by atoms with Gasteiger partial charge in [-0.25, -0.2) is 0 Å². The van der Waals surface area contributed by atoms with Crippen molar-refractivity contribution in [2.75, 3.05) is 0 Å². The average molecular weight is 256 g/mol. The van der Waals surface area contributed by atoms with E-state index in [0.29, 0.717) is 0 Å². The summed E-state index contributed by atoms with van der Waals surface area (Å²) in [5, 5.41) is 0. The van der Waals surface area contributed by atoms with E-state index in [9.17, 15) is 18.0 Å². The van der Waals surface area contributed by atoms with Crippen LogP contribution in [0.5, 0.6) is 0 Å². The van der Waals surface area contributed by atoms with Gasteiger partial charge in [0.25, 0.3) is 0 Å². The van der Waals surface area contributed by atoms with Crippen molar-refractivity contribution in [1.29, 1.82) is 0 Å². The zero-order valence-corrected chi connectivity index (χ0v) is 9.96. The Hall–Kier alpha value is -1.32. The maximum Gasteiger partial charge on any atom is 0.416 e. The molecular formula is C14H15F3O. The van der Waals surface area contributed by atoms with Gasteiger partial charge in [0.1, 0.15) is 0 Å². The second-order valence-electron chi connectivity index (χ2n) is 4.78. The Morgan fingerprint density at radius 3 is 2.39 bits per heavy atom. The Bertz CT molecular complexity index is 431. The molecule has 4 heteroatoms. The molecule has 0 amide bonds. The molecular weight excluding hydrogens is 241 g/mol. The lowest BCUT2D eigenvalue weighted by molar-refractivity contribution is -0.137. The number of hydrogen-bond acceptors (Lipinski definition) is 1. The summed E-state index contributed by atoms with van der Waals surface area (Å²) in [7, 11) is 0. The standard InChI is InChI=1S/C14H15F3O/c15-14(16,17)12-8-4-7-11(9-12)13(18)10-5-2-1-3-6-10/h4,7-10H,1-3,5-6H2. The van der Waals surface area contributed by atoms with Gasteiger partial charge >= 0.3 is 6.18 Å². The highest BCUT2D eigenvalue weighted by Crippen LogP contribution is 2.31. The molecule has 0 radical (unpaired) electrons. The van der Waals surface area contributed by atoms with E-state index in [1.807, 2.05) is 0 Å². The highest BCUT2D eigenvalue weighted by Gasteiger charge is 2.31. The Balaban J connectivity index is 2.20. The van der Waals surface area contributed by atoms with E-state index in [0.717, 1.165) is 44.2 Å². The SMILES string of the molecule is O=C(c1cccc(C(F)(F)F)c1)C1CCCCC1. The lowest BCUT2D eigenvalue weighted by Crippen LogP contribution is -2.18. The van der Waals surface area contributed by atoms with Crippen LogP contribution in [0, 0.1) is 5.92 Å². The number of halogens is 3. The van der Waals surface area contributed by atoms with Gasteiger partial charge in [0.2, 0.25) is 0 Å². The molecule has 1 aliphatic rings. The van der Waals surface area contributed by atoms with Crippen LogP contribution in [-0.4, -0.2) is 5.78 Å². The monoisotopic (exact) mass is 256 g/mol. The first kappa shape index (κ1) is 13.1. The number of rotatable bonds is 2. The third kappa shape index (κ3) is 2.92. The second kappa shape index (κ2) is 5.12. The minimum absolute atomic E-state index is 0.0952. The number of hydrogen-bond donors (Lipinski definition) is 0. The topological polar surface area (TPSA) is 17.1 Å². The first-order chi connectivity index (χ1) is 8.48. The van der Waals surface area contributed by atoms with Crippen LogP contribution in [-0.2, 0) is 6.18 Å². The number of carbonyl (C=O) groups is 1. The summed E-state index contributed by atoms with van der Waals surface area (Å²) < 4.78 is 37.7. The zero-order chi connectivity index (χ0) is 13.2. The molecule has 1 aromatic carbocycles. The van der Waals surface area contributed by atoms with Gasteiger partial charge in [0.05, 0.1) is 5.56 Å². The van der Waals surface area contributed by atoms with Gasteiger partial charge in [0, 0.05) is 11.5 Å². The lowest BCUT2D eigenvalue weighted by Gasteiger charge is -2.20. The normalized spacial score (nSPS) is 17.7. The van der Waals surface area contributed by atoms with Gasteiger partial charge in [-0.3, -0.25) is 4.79 Å². The highest BCUT2D eigenvalue weighted by atomic mass is 19.4. The molecule has 1 saturated carbocycles.